The van der Waals surface area contributed by atoms with Gasteiger partial charge in [-0.05, 0) is 36.3 Å². The van der Waals surface area contributed by atoms with Crippen molar-refractivity contribution in [3.05, 3.63) is 47.9 Å². The van der Waals surface area contributed by atoms with Crippen LogP contribution in [0.3, 0.4) is 0 Å². The molecule has 0 unspecified atom stereocenters. The van der Waals surface area contributed by atoms with Crippen LogP contribution in [-0.2, 0) is 9.16 Å². The first-order valence-corrected chi connectivity index (χ1v) is 18.8. The number of carbonyl (C=O) groups excluding carboxylic acids is 1. The number of rotatable bonds is 11. The number of methoxy groups -OCH3 is 2. The Balaban J connectivity index is 1.42. The Bertz CT molecular complexity index is 1820. The van der Waals surface area contributed by atoms with E-state index >= 15 is 0 Å². The Hall–Kier alpha value is -4.51. The van der Waals surface area contributed by atoms with Crippen molar-refractivity contribution >= 4 is 25.3 Å². The number of nitrogens with zero attached hydrogens (tertiary/aromatic N) is 5. The van der Waals surface area contributed by atoms with E-state index in [1.807, 2.05) is 0 Å². The second-order valence-electron chi connectivity index (χ2n) is 13.2. The molecule has 0 saturated carbocycles. The van der Waals surface area contributed by atoms with Crippen molar-refractivity contribution < 1.29 is 32.6 Å². The summed E-state index contributed by atoms with van der Waals surface area (Å²) in [4.78, 5) is 28.6. The fourth-order valence-electron chi connectivity index (χ4n) is 5.09. The first kappa shape index (κ1) is 34.8. The molecule has 5 rings (SSSR count). The van der Waals surface area contributed by atoms with Gasteiger partial charge in [0.05, 0.1) is 57.1 Å². The molecule has 0 atom stereocenters. The number of furan rings is 1. The zero-order chi connectivity index (χ0) is 34.6. The fraction of sp³-hybridized carbons (Fsp3) is 0.457. The van der Waals surface area contributed by atoms with Crippen LogP contribution >= 0.6 is 0 Å². The SMILES string of the molecule is COc1cc(C(=O)N(C)CCO[Si](C)(C)C(C)(C)C)cnc1-c1cc2ncc(OC)c(-c3ccc(OC4CCOCC4)c(C#N)n3)c2o1. The quantitative estimate of drug-likeness (QED) is 0.161. The summed E-state index contributed by atoms with van der Waals surface area (Å²) in [5.74, 6) is 1.36. The molecule has 0 spiro atoms. The second-order valence-corrected chi connectivity index (χ2v) is 18.0. The Morgan fingerprint density at radius 3 is 2.46 bits per heavy atom. The average Bonchev–Trinajstić information content (AvgIpc) is 3.51. The summed E-state index contributed by atoms with van der Waals surface area (Å²) in [7, 11) is 2.85. The van der Waals surface area contributed by atoms with Crippen LogP contribution in [0.5, 0.6) is 17.2 Å². The number of hydrogen-bond acceptors (Lipinski definition) is 11. The molecule has 254 valence electrons. The topological polar surface area (TPSA) is 142 Å². The van der Waals surface area contributed by atoms with E-state index in [2.05, 4.69) is 54.9 Å². The molecule has 1 aliphatic heterocycles. The molecular weight excluding hydrogens is 630 g/mol. The zero-order valence-corrected chi connectivity index (χ0v) is 29.9. The summed E-state index contributed by atoms with van der Waals surface area (Å²) >= 11 is 0. The van der Waals surface area contributed by atoms with Crippen LogP contribution in [0.2, 0.25) is 18.1 Å². The minimum Gasteiger partial charge on any atom is -0.494 e. The van der Waals surface area contributed by atoms with Crippen LogP contribution in [0, 0.1) is 11.3 Å². The number of likely N-dealkylation sites (N-methyl/N-ethyl adjacent to an activating group) is 1. The van der Waals surface area contributed by atoms with Gasteiger partial charge in [0.2, 0.25) is 0 Å². The summed E-state index contributed by atoms with van der Waals surface area (Å²) in [6.07, 6.45) is 4.53. The highest BCUT2D eigenvalue weighted by molar-refractivity contribution is 6.74. The molecule has 13 heteroatoms. The molecule has 1 fully saturated rings. The number of pyridine rings is 3. The van der Waals surface area contributed by atoms with E-state index in [1.54, 1.807) is 42.4 Å². The van der Waals surface area contributed by atoms with Crippen molar-refractivity contribution in [2.45, 2.75) is 57.8 Å². The van der Waals surface area contributed by atoms with Gasteiger partial charge >= 0.3 is 0 Å². The number of aromatic nitrogens is 3. The minimum atomic E-state index is -1.93. The zero-order valence-electron chi connectivity index (χ0n) is 28.9. The van der Waals surface area contributed by atoms with Gasteiger partial charge in [-0.1, -0.05) is 20.8 Å². The van der Waals surface area contributed by atoms with Crippen molar-refractivity contribution in [2.24, 2.45) is 0 Å². The van der Waals surface area contributed by atoms with Crippen LogP contribution in [-0.4, -0.2) is 87.8 Å². The molecule has 1 amide bonds. The van der Waals surface area contributed by atoms with Crippen molar-refractivity contribution in [1.82, 2.24) is 19.9 Å². The lowest BCUT2D eigenvalue weighted by Gasteiger charge is -2.36. The number of hydrogen-bond donors (Lipinski definition) is 0. The standard InChI is InChI=1S/C35H43N5O7Si/c1-35(2,3)48(7,8)45-16-13-40(4)34(41)22-17-28(42-5)32(38-20-22)29-18-25-33(47-29)31(30(43-6)21-37-25)24-9-10-27(26(19-36)39-24)46-23-11-14-44-15-12-23/h9-10,17-18,20-21,23H,11-16H2,1-8H3. The lowest BCUT2D eigenvalue weighted by molar-refractivity contribution is 0.0253. The van der Waals surface area contributed by atoms with Gasteiger partial charge in [0, 0.05) is 38.7 Å². The number of amides is 1. The Labute approximate surface area is 282 Å². The molecule has 0 radical (unpaired) electrons. The van der Waals surface area contributed by atoms with Crippen LogP contribution in [0.15, 0.2) is 41.1 Å². The van der Waals surface area contributed by atoms with Gasteiger partial charge < -0.3 is 32.7 Å². The van der Waals surface area contributed by atoms with Gasteiger partial charge in [0.1, 0.15) is 34.9 Å². The lowest BCUT2D eigenvalue weighted by Crippen LogP contribution is -2.43. The van der Waals surface area contributed by atoms with Gasteiger partial charge in [0.25, 0.3) is 5.91 Å². The van der Waals surface area contributed by atoms with Gasteiger partial charge in [0.15, 0.2) is 31.1 Å². The molecule has 0 aromatic carbocycles. The molecule has 0 N–H and O–H groups in total. The molecule has 1 saturated heterocycles. The van der Waals surface area contributed by atoms with Crippen LogP contribution in [0.25, 0.3) is 33.8 Å². The number of fused-ring (bicyclic) bond motifs is 1. The highest BCUT2D eigenvalue weighted by Gasteiger charge is 2.37. The van der Waals surface area contributed by atoms with Crippen molar-refractivity contribution in [3.8, 4) is 46.0 Å². The first-order valence-electron chi connectivity index (χ1n) is 15.9. The van der Waals surface area contributed by atoms with Crippen molar-refractivity contribution in [3.63, 3.8) is 0 Å². The van der Waals surface area contributed by atoms with E-state index in [4.69, 9.17) is 27.8 Å². The van der Waals surface area contributed by atoms with Gasteiger partial charge in [-0.15, -0.1) is 0 Å². The summed E-state index contributed by atoms with van der Waals surface area (Å²) in [6, 6.07) is 9.05. The minimum absolute atomic E-state index is 0.0424. The monoisotopic (exact) mass is 673 g/mol. The van der Waals surface area contributed by atoms with Crippen LogP contribution in [0.4, 0.5) is 0 Å². The van der Waals surface area contributed by atoms with Gasteiger partial charge in [-0.3, -0.25) is 4.79 Å². The Morgan fingerprint density at radius 2 is 1.79 bits per heavy atom. The largest absolute Gasteiger partial charge is 0.494 e. The molecular formula is C35H43N5O7Si. The summed E-state index contributed by atoms with van der Waals surface area (Å²) < 4.78 is 35.4. The van der Waals surface area contributed by atoms with E-state index in [0.29, 0.717) is 83.0 Å². The number of ether oxygens (including phenoxy) is 4. The molecule has 1 aliphatic rings. The summed E-state index contributed by atoms with van der Waals surface area (Å²) in [5, 5.41) is 10.0. The molecule has 12 nitrogen and oxygen atoms in total. The third-order valence-electron chi connectivity index (χ3n) is 9.00. The van der Waals surface area contributed by atoms with E-state index in [9.17, 15) is 10.1 Å². The third kappa shape index (κ3) is 7.30. The highest BCUT2D eigenvalue weighted by atomic mass is 28.4. The summed E-state index contributed by atoms with van der Waals surface area (Å²) in [6.45, 7) is 13.1. The third-order valence-corrected chi connectivity index (χ3v) is 13.5. The Kier molecular flexibility index (Phi) is 10.4. The number of nitriles is 1. The lowest BCUT2D eigenvalue weighted by atomic mass is 10.1. The fourth-order valence-corrected chi connectivity index (χ4v) is 6.12. The smallest absolute Gasteiger partial charge is 0.255 e. The van der Waals surface area contributed by atoms with Crippen LogP contribution in [0.1, 0.15) is 49.7 Å². The predicted molar refractivity (Wildman–Crippen MR) is 183 cm³/mol. The van der Waals surface area contributed by atoms with Crippen LogP contribution < -0.4 is 14.2 Å². The van der Waals surface area contributed by atoms with Gasteiger partial charge in [-0.2, -0.15) is 5.26 Å². The molecule has 4 aromatic heterocycles. The van der Waals surface area contributed by atoms with E-state index in [1.165, 1.54) is 20.4 Å². The number of carbonyl (C=O) groups is 1. The first-order chi connectivity index (χ1) is 22.9. The summed E-state index contributed by atoms with van der Waals surface area (Å²) in [5.41, 5.74) is 2.81. The predicted octanol–water partition coefficient (Wildman–Crippen LogP) is 6.49. The molecule has 4 aromatic rings. The molecule has 0 bridgehead atoms. The maximum Gasteiger partial charge on any atom is 0.255 e. The molecule has 5 heterocycles. The average molecular weight is 674 g/mol. The molecule has 48 heavy (non-hydrogen) atoms. The van der Waals surface area contributed by atoms with Crippen molar-refractivity contribution in [1.29, 1.82) is 5.26 Å². The maximum atomic E-state index is 13.3. The van der Waals surface area contributed by atoms with Gasteiger partial charge in [-0.25, -0.2) is 15.0 Å². The van der Waals surface area contributed by atoms with E-state index in [-0.39, 0.29) is 22.7 Å². The van der Waals surface area contributed by atoms with Crippen molar-refractivity contribution in [2.75, 3.05) is 47.6 Å². The Morgan fingerprint density at radius 1 is 1.06 bits per heavy atom. The second kappa shape index (κ2) is 14.3. The highest BCUT2D eigenvalue weighted by Crippen LogP contribution is 2.41. The normalized spacial score (nSPS) is 14.1. The van der Waals surface area contributed by atoms with E-state index in [0.717, 1.165) is 12.8 Å². The molecule has 0 aliphatic carbocycles. The maximum absolute atomic E-state index is 13.3. The van der Waals surface area contributed by atoms with E-state index < -0.39 is 8.32 Å².